The van der Waals surface area contributed by atoms with Crippen LogP contribution in [0.2, 0.25) is 5.15 Å². The van der Waals surface area contributed by atoms with E-state index in [9.17, 15) is 8.42 Å². The molecule has 0 aliphatic heterocycles. The first-order chi connectivity index (χ1) is 10.4. The van der Waals surface area contributed by atoms with E-state index < -0.39 is 9.84 Å². The van der Waals surface area contributed by atoms with Gasteiger partial charge in [0.15, 0.2) is 15.7 Å². The number of sulfone groups is 1. The Morgan fingerprint density at radius 3 is 2.68 bits per heavy atom. The fourth-order valence-corrected chi connectivity index (χ4v) is 4.48. The van der Waals surface area contributed by atoms with Gasteiger partial charge in [-0.3, -0.25) is 4.98 Å². The summed E-state index contributed by atoms with van der Waals surface area (Å²) in [6.07, 6.45) is 4.50. The lowest BCUT2D eigenvalue weighted by Gasteiger charge is -2.05. The zero-order chi connectivity index (χ0) is 15.9. The highest BCUT2D eigenvalue weighted by Gasteiger charge is 2.29. The van der Waals surface area contributed by atoms with Crippen LogP contribution in [0.3, 0.4) is 0 Å². The van der Waals surface area contributed by atoms with Crippen LogP contribution in [0, 0.1) is 6.92 Å². The summed E-state index contributed by atoms with van der Waals surface area (Å²) >= 11 is 7.19. The van der Waals surface area contributed by atoms with Crippen molar-refractivity contribution in [1.82, 2.24) is 24.1 Å². The summed E-state index contributed by atoms with van der Waals surface area (Å²) in [6, 6.07) is 3.03. The van der Waals surface area contributed by atoms with E-state index in [0.717, 1.165) is 11.9 Å². The molecule has 0 unspecified atom stereocenters. The molecule has 0 atom stereocenters. The maximum Gasteiger partial charge on any atom is 0.228 e. The van der Waals surface area contributed by atoms with E-state index in [-0.39, 0.29) is 26.1 Å². The number of hydrogen-bond acceptors (Lipinski definition) is 7. The maximum atomic E-state index is 12.9. The summed E-state index contributed by atoms with van der Waals surface area (Å²) in [5.41, 5.74) is 0.458. The number of aryl methyl sites for hydroxylation is 1. The molecule has 10 heteroatoms. The zero-order valence-corrected chi connectivity index (χ0v) is 13.9. The first kappa shape index (κ1) is 15.2. The molecule has 0 spiro atoms. The monoisotopic (exact) mass is 355 g/mol. The van der Waals surface area contributed by atoms with E-state index in [2.05, 4.69) is 20.1 Å². The van der Waals surface area contributed by atoms with Crippen LogP contribution in [-0.4, -0.2) is 38.8 Å². The van der Waals surface area contributed by atoms with E-state index in [4.69, 9.17) is 11.6 Å². The van der Waals surface area contributed by atoms with Gasteiger partial charge in [-0.25, -0.2) is 18.4 Å². The van der Waals surface area contributed by atoms with Gasteiger partial charge in [-0.05, 0) is 31.0 Å². The van der Waals surface area contributed by atoms with E-state index in [1.165, 1.54) is 22.5 Å². The molecule has 0 aliphatic carbocycles. The maximum absolute atomic E-state index is 12.9. The van der Waals surface area contributed by atoms with Crippen molar-refractivity contribution in [3.05, 3.63) is 35.5 Å². The summed E-state index contributed by atoms with van der Waals surface area (Å²) in [6.45, 7) is 1.64. The average Bonchev–Trinajstić information content (AvgIpc) is 2.87. The van der Waals surface area contributed by atoms with Crippen molar-refractivity contribution >= 4 is 44.4 Å². The molecule has 3 rings (SSSR count). The second-order valence-electron chi connectivity index (χ2n) is 4.31. The fourth-order valence-electron chi connectivity index (χ4n) is 1.97. The molecule has 0 fully saturated rings. The number of pyridine rings is 1. The third-order valence-electron chi connectivity index (χ3n) is 2.89. The van der Waals surface area contributed by atoms with Crippen molar-refractivity contribution in [1.29, 1.82) is 0 Å². The van der Waals surface area contributed by atoms with Gasteiger partial charge in [0.2, 0.25) is 9.84 Å². The first-order valence-corrected chi connectivity index (χ1v) is 9.12. The smallest absolute Gasteiger partial charge is 0.228 e. The van der Waals surface area contributed by atoms with Crippen molar-refractivity contribution in [3.8, 4) is 0 Å². The number of nitrogens with zero attached hydrogens (tertiary/aromatic N) is 5. The molecular weight excluding hydrogens is 346 g/mol. The molecule has 22 heavy (non-hydrogen) atoms. The van der Waals surface area contributed by atoms with E-state index in [1.807, 2.05) is 0 Å². The minimum absolute atomic E-state index is 0.0320. The van der Waals surface area contributed by atoms with Crippen LogP contribution in [0.5, 0.6) is 0 Å². The molecule has 0 aliphatic rings. The summed E-state index contributed by atoms with van der Waals surface area (Å²) in [5, 5.41) is 4.28. The zero-order valence-electron chi connectivity index (χ0n) is 11.6. The highest BCUT2D eigenvalue weighted by Crippen LogP contribution is 2.31. The highest BCUT2D eigenvalue weighted by molar-refractivity contribution is 7.98. The summed E-state index contributed by atoms with van der Waals surface area (Å²) in [7, 11) is -3.83. The third-order valence-corrected chi connectivity index (χ3v) is 5.62. The van der Waals surface area contributed by atoms with Gasteiger partial charge in [0.25, 0.3) is 0 Å². The van der Waals surface area contributed by atoms with Gasteiger partial charge in [0, 0.05) is 18.6 Å². The minimum atomic E-state index is -3.83. The van der Waals surface area contributed by atoms with Crippen molar-refractivity contribution in [2.45, 2.75) is 16.8 Å². The lowest BCUT2D eigenvalue weighted by molar-refractivity contribution is 0.590. The molecule has 3 heterocycles. The van der Waals surface area contributed by atoms with E-state index in [1.54, 1.807) is 19.2 Å². The fraction of sp³-hybridized carbons (Fsp3) is 0.167. The van der Waals surface area contributed by atoms with Gasteiger partial charge < -0.3 is 0 Å². The predicted octanol–water partition coefficient (Wildman–Crippen LogP) is 2.14. The van der Waals surface area contributed by atoms with E-state index in [0.29, 0.717) is 5.82 Å². The van der Waals surface area contributed by atoms with Gasteiger partial charge in [-0.1, -0.05) is 11.6 Å². The Hall–Kier alpha value is -1.71. The van der Waals surface area contributed by atoms with Crippen LogP contribution < -0.4 is 0 Å². The standard InChI is InChI=1S/C12H10ClN5O2S2/c1-7-15-10-9(11(13)16-7)17-18(21-2)12(10)22(19,20)8-4-3-5-14-6-8/h3-6H,1-2H3. The highest BCUT2D eigenvalue weighted by atomic mass is 35.5. The Bertz CT molecular complexity index is 957. The minimum Gasteiger partial charge on any atom is -0.263 e. The molecule has 3 aromatic rings. The summed E-state index contributed by atoms with van der Waals surface area (Å²) < 4.78 is 27.1. The van der Waals surface area contributed by atoms with Crippen LogP contribution >= 0.6 is 23.5 Å². The van der Waals surface area contributed by atoms with Gasteiger partial charge in [0.1, 0.15) is 11.3 Å². The van der Waals surface area contributed by atoms with Gasteiger partial charge in [-0.2, -0.15) is 9.19 Å². The Labute approximate surface area is 135 Å². The lowest BCUT2D eigenvalue weighted by Crippen LogP contribution is -2.08. The SMILES string of the molecule is CSn1nc2c(Cl)nc(C)nc2c1S(=O)(=O)c1cccnc1. The predicted molar refractivity (Wildman–Crippen MR) is 83.7 cm³/mol. The molecule has 7 nitrogen and oxygen atoms in total. The summed E-state index contributed by atoms with van der Waals surface area (Å²) in [5.74, 6) is 0.376. The molecule has 3 aromatic heterocycles. The van der Waals surface area contributed by atoms with Crippen molar-refractivity contribution in [2.24, 2.45) is 0 Å². The van der Waals surface area contributed by atoms with Crippen LogP contribution in [0.4, 0.5) is 0 Å². The van der Waals surface area contributed by atoms with E-state index >= 15 is 0 Å². The molecule has 0 saturated heterocycles. The molecule has 0 aromatic carbocycles. The van der Waals surface area contributed by atoms with Crippen molar-refractivity contribution in [3.63, 3.8) is 0 Å². The Balaban J connectivity index is 2.40. The molecule has 0 saturated carbocycles. The molecule has 114 valence electrons. The first-order valence-electron chi connectivity index (χ1n) is 6.07. The summed E-state index contributed by atoms with van der Waals surface area (Å²) in [4.78, 5) is 12.1. The van der Waals surface area contributed by atoms with Gasteiger partial charge >= 0.3 is 0 Å². The van der Waals surface area contributed by atoms with Crippen LogP contribution in [0.1, 0.15) is 5.82 Å². The number of rotatable bonds is 3. The quantitative estimate of drug-likeness (QED) is 0.664. The largest absolute Gasteiger partial charge is 0.263 e. The second kappa shape index (κ2) is 5.49. The Morgan fingerprint density at radius 1 is 1.27 bits per heavy atom. The number of hydrogen-bond donors (Lipinski definition) is 0. The average molecular weight is 356 g/mol. The number of aromatic nitrogens is 5. The molecule has 0 radical (unpaired) electrons. The van der Waals surface area contributed by atoms with Gasteiger partial charge in [-0.15, -0.1) is 0 Å². The van der Waals surface area contributed by atoms with Gasteiger partial charge in [0.05, 0.1) is 4.90 Å². The molecule has 0 amide bonds. The molecular formula is C12H10ClN5O2S2. The third kappa shape index (κ3) is 2.34. The van der Waals surface area contributed by atoms with Crippen LogP contribution in [0.15, 0.2) is 34.4 Å². The molecule has 0 bridgehead atoms. The topological polar surface area (TPSA) is 90.6 Å². The normalized spacial score (nSPS) is 12.0. The molecule has 0 N–H and O–H groups in total. The Morgan fingerprint density at radius 2 is 2.05 bits per heavy atom. The lowest BCUT2D eigenvalue weighted by atomic mass is 10.4. The Kier molecular flexibility index (Phi) is 3.79. The number of fused-ring (bicyclic) bond motifs is 1. The van der Waals surface area contributed by atoms with Crippen molar-refractivity contribution in [2.75, 3.05) is 6.26 Å². The van der Waals surface area contributed by atoms with Crippen molar-refractivity contribution < 1.29 is 8.42 Å². The number of halogens is 1. The van der Waals surface area contributed by atoms with Crippen LogP contribution in [-0.2, 0) is 9.84 Å². The van der Waals surface area contributed by atoms with Crippen LogP contribution in [0.25, 0.3) is 11.0 Å². The second-order valence-corrected chi connectivity index (χ2v) is 7.25.